The molecule has 24 heavy (non-hydrogen) atoms. The van der Waals surface area contributed by atoms with E-state index in [-0.39, 0.29) is 5.91 Å². The Hall–Kier alpha value is -2.65. The van der Waals surface area contributed by atoms with Gasteiger partial charge >= 0.3 is 0 Å². The van der Waals surface area contributed by atoms with E-state index in [1.807, 2.05) is 6.07 Å². The normalized spacial score (nSPS) is 10.5. The van der Waals surface area contributed by atoms with Gasteiger partial charge in [0.25, 0.3) is 5.91 Å². The fourth-order valence-electron chi connectivity index (χ4n) is 2.56. The van der Waals surface area contributed by atoms with Crippen molar-refractivity contribution in [1.82, 2.24) is 4.98 Å². The van der Waals surface area contributed by atoms with Gasteiger partial charge in [-0.05, 0) is 62.4 Å². The Bertz CT molecular complexity index is 851. The molecule has 0 radical (unpaired) electrons. The number of pyridine rings is 1. The van der Waals surface area contributed by atoms with Gasteiger partial charge in [0.05, 0.1) is 11.3 Å². The van der Waals surface area contributed by atoms with Gasteiger partial charge in [0, 0.05) is 22.5 Å². The first-order chi connectivity index (χ1) is 11.5. The standard InChI is InChI=1S/C20H17ClN2O/c1-13-9-14(2)11-16(10-13)19-8-3-15(12-22-19)20(24)23-18-6-4-17(21)5-7-18/h3-12H,1-2H3,(H,23,24). The number of carbonyl (C=O) groups excluding carboxylic acids is 1. The van der Waals surface area contributed by atoms with Gasteiger partial charge in [-0.25, -0.2) is 0 Å². The topological polar surface area (TPSA) is 42.0 Å². The van der Waals surface area contributed by atoms with Gasteiger partial charge < -0.3 is 5.32 Å². The number of nitrogens with one attached hydrogen (secondary N) is 1. The lowest BCUT2D eigenvalue weighted by Crippen LogP contribution is -2.12. The molecule has 0 aliphatic rings. The van der Waals surface area contributed by atoms with E-state index in [1.54, 1.807) is 36.5 Å². The number of halogens is 1. The monoisotopic (exact) mass is 336 g/mol. The number of amides is 1. The third-order valence-corrected chi connectivity index (χ3v) is 3.90. The predicted molar refractivity (Wildman–Crippen MR) is 98.6 cm³/mol. The molecule has 120 valence electrons. The van der Waals surface area contributed by atoms with Crippen LogP contribution in [0.25, 0.3) is 11.3 Å². The first kappa shape index (κ1) is 16.2. The Morgan fingerprint density at radius 3 is 2.21 bits per heavy atom. The minimum Gasteiger partial charge on any atom is -0.322 e. The second kappa shape index (κ2) is 6.85. The third-order valence-electron chi connectivity index (χ3n) is 3.65. The minimum atomic E-state index is -0.197. The molecule has 1 heterocycles. The lowest BCUT2D eigenvalue weighted by molar-refractivity contribution is 0.102. The lowest BCUT2D eigenvalue weighted by atomic mass is 10.0. The molecule has 0 aliphatic heterocycles. The molecule has 3 rings (SSSR count). The van der Waals surface area contributed by atoms with E-state index >= 15 is 0 Å². The Morgan fingerprint density at radius 1 is 0.958 bits per heavy atom. The SMILES string of the molecule is Cc1cc(C)cc(-c2ccc(C(=O)Nc3ccc(Cl)cc3)cn2)c1. The van der Waals surface area contributed by atoms with Crippen molar-refractivity contribution in [2.24, 2.45) is 0 Å². The van der Waals surface area contributed by atoms with Crippen molar-refractivity contribution < 1.29 is 4.79 Å². The van der Waals surface area contributed by atoms with Crippen LogP contribution in [0.4, 0.5) is 5.69 Å². The van der Waals surface area contributed by atoms with Gasteiger partial charge in [0.2, 0.25) is 0 Å². The first-order valence-electron chi connectivity index (χ1n) is 7.63. The molecule has 0 saturated carbocycles. The first-order valence-corrected chi connectivity index (χ1v) is 8.01. The van der Waals surface area contributed by atoms with Crippen LogP contribution in [0.15, 0.2) is 60.8 Å². The van der Waals surface area contributed by atoms with Gasteiger partial charge in [0.1, 0.15) is 0 Å². The molecule has 0 spiro atoms. The van der Waals surface area contributed by atoms with Crippen LogP contribution in [-0.2, 0) is 0 Å². The van der Waals surface area contributed by atoms with E-state index in [9.17, 15) is 4.79 Å². The van der Waals surface area contributed by atoms with Gasteiger partial charge in [0.15, 0.2) is 0 Å². The van der Waals surface area contributed by atoms with Crippen molar-refractivity contribution in [3.63, 3.8) is 0 Å². The molecule has 0 fully saturated rings. The summed E-state index contributed by atoms with van der Waals surface area (Å²) in [5, 5.41) is 3.46. The smallest absolute Gasteiger partial charge is 0.257 e. The van der Waals surface area contributed by atoms with Crippen molar-refractivity contribution in [3.8, 4) is 11.3 Å². The van der Waals surface area contributed by atoms with Crippen molar-refractivity contribution in [3.05, 3.63) is 82.5 Å². The van der Waals surface area contributed by atoms with Gasteiger partial charge in [-0.2, -0.15) is 0 Å². The molecule has 3 nitrogen and oxygen atoms in total. The molecule has 1 amide bonds. The third kappa shape index (κ3) is 3.81. The molecule has 0 unspecified atom stereocenters. The fraction of sp³-hybridized carbons (Fsp3) is 0.100. The molecule has 0 saturated heterocycles. The molecule has 3 aromatic rings. The number of carbonyl (C=O) groups is 1. The molecule has 0 bridgehead atoms. The number of rotatable bonds is 3. The van der Waals surface area contributed by atoms with Gasteiger partial charge in [-0.1, -0.05) is 28.8 Å². The maximum absolute atomic E-state index is 12.3. The van der Waals surface area contributed by atoms with Crippen molar-refractivity contribution >= 4 is 23.2 Å². The van der Waals surface area contributed by atoms with E-state index in [1.165, 1.54) is 11.1 Å². The van der Waals surface area contributed by atoms with Crippen LogP contribution in [0.2, 0.25) is 5.02 Å². The number of nitrogens with zero attached hydrogens (tertiary/aromatic N) is 1. The fourth-order valence-corrected chi connectivity index (χ4v) is 2.68. The van der Waals surface area contributed by atoms with Crippen LogP contribution in [0.5, 0.6) is 0 Å². The number of hydrogen-bond donors (Lipinski definition) is 1. The molecule has 1 aromatic heterocycles. The summed E-state index contributed by atoms with van der Waals surface area (Å²) in [7, 11) is 0. The Kier molecular flexibility index (Phi) is 4.63. The van der Waals surface area contributed by atoms with Crippen molar-refractivity contribution in [1.29, 1.82) is 0 Å². The van der Waals surface area contributed by atoms with E-state index in [4.69, 9.17) is 11.6 Å². The predicted octanol–water partition coefficient (Wildman–Crippen LogP) is 5.27. The summed E-state index contributed by atoms with van der Waals surface area (Å²) in [6.45, 7) is 4.12. The largest absolute Gasteiger partial charge is 0.322 e. The van der Waals surface area contributed by atoms with Crippen LogP contribution in [0.3, 0.4) is 0 Å². The van der Waals surface area contributed by atoms with Crippen molar-refractivity contribution in [2.75, 3.05) is 5.32 Å². The molecule has 0 aliphatic carbocycles. The summed E-state index contributed by atoms with van der Waals surface area (Å²) in [5.41, 5.74) is 5.50. The van der Waals surface area contributed by atoms with E-state index in [0.29, 0.717) is 16.3 Å². The summed E-state index contributed by atoms with van der Waals surface area (Å²) >= 11 is 5.84. The lowest BCUT2D eigenvalue weighted by Gasteiger charge is -2.07. The van der Waals surface area contributed by atoms with Gasteiger partial charge in [-0.15, -0.1) is 0 Å². The summed E-state index contributed by atoms with van der Waals surface area (Å²) in [6, 6.07) is 16.9. The van der Waals surface area contributed by atoms with Crippen LogP contribution < -0.4 is 5.32 Å². The number of anilines is 1. The van der Waals surface area contributed by atoms with Crippen LogP contribution in [-0.4, -0.2) is 10.9 Å². The highest BCUT2D eigenvalue weighted by Crippen LogP contribution is 2.21. The molecule has 4 heteroatoms. The maximum Gasteiger partial charge on any atom is 0.257 e. The van der Waals surface area contributed by atoms with Crippen molar-refractivity contribution in [2.45, 2.75) is 13.8 Å². The quantitative estimate of drug-likeness (QED) is 0.707. The molecular formula is C20H17ClN2O. The second-order valence-electron chi connectivity index (χ2n) is 5.77. The maximum atomic E-state index is 12.3. The minimum absolute atomic E-state index is 0.197. The number of aryl methyl sites for hydroxylation is 2. The highest BCUT2D eigenvalue weighted by molar-refractivity contribution is 6.30. The van der Waals surface area contributed by atoms with E-state index in [0.717, 1.165) is 11.3 Å². The highest BCUT2D eigenvalue weighted by atomic mass is 35.5. The molecule has 0 atom stereocenters. The Balaban J connectivity index is 1.78. The average Bonchev–Trinajstić information content (AvgIpc) is 2.56. The summed E-state index contributed by atoms with van der Waals surface area (Å²) in [4.78, 5) is 16.7. The zero-order chi connectivity index (χ0) is 17.1. The highest BCUT2D eigenvalue weighted by Gasteiger charge is 2.08. The number of aromatic nitrogens is 1. The molecule has 2 aromatic carbocycles. The summed E-state index contributed by atoms with van der Waals surface area (Å²) < 4.78 is 0. The summed E-state index contributed by atoms with van der Waals surface area (Å²) in [5.74, 6) is -0.197. The zero-order valence-electron chi connectivity index (χ0n) is 13.5. The Labute approximate surface area is 146 Å². The second-order valence-corrected chi connectivity index (χ2v) is 6.21. The van der Waals surface area contributed by atoms with Crippen LogP contribution in [0.1, 0.15) is 21.5 Å². The zero-order valence-corrected chi connectivity index (χ0v) is 14.3. The van der Waals surface area contributed by atoms with Crippen LogP contribution in [0, 0.1) is 13.8 Å². The van der Waals surface area contributed by atoms with E-state index < -0.39 is 0 Å². The summed E-state index contributed by atoms with van der Waals surface area (Å²) in [6.07, 6.45) is 1.60. The van der Waals surface area contributed by atoms with Gasteiger partial charge in [-0.3, -0.25) is 9.78 Å². The molecular weight excluding hydrogens is 320 g/mol. The van der Waals surface area contributed by atoms with Crippen LogP contribution >= 0.6 is 11.6 Å². The number of hydrogen-bond acceptors (Lipinski definition) is 2. The Morgan fingerprint density at radius 2 is 1.62 bits per heavy atom. The van der Waals surface area contributed by atoms with E-state index in [2.05, 4.69) is 42.3 Å². The number of benzene rings is 2. The average molecular weight is 337 g/mol. The molecule has 1 N–H and O–H groups in total.